The monoisotopic (exact) mass is 274 g/mol. The van der Waals surface area contributed by atoms with Gasteiger partial charge in [0.15, 0.2) is 0 Å². The molecule has 0 rings (SSSR count). The third-order valence-electron chi connectivity index (χ3n) is 3.34. The Bertz CT molecular complexity index is 290. The summed E-state index contributed by atoms with van der Waals surface area (Å²) in [5, 5.41) is 11.9. The van der Waals surface area contributed by atoms with Crippen molar-refractivity contribution in [2.75, 3.05) is 26.3 Å². The Hall–Kier alpha value is -1.30. The number of nitrogens with zero attached hydrogens (tertiary/aromatic N) is 1. The van der Waals surface area contributed by atoms with Crippen LogP contribution in [0.15, 0.2) is 0 Å². The first kappa shape index (κ1) is 17.7. The number of rotatable bonds is 9. The van der Waals surface area contributed by atoms with Gasteiger partial charge in [0.25, 0.3) is 0 Å². The fourth-order valence-electron chi connectivity index (χ4n) is 1.79. The Kier molecular flexibility index (Phi) is 8.14. The molecule has 0 aliphatic carbocycles. The highest BCUT2D eigenvalue weighted by Gasteiger charge is 2.37. The van der Waals surface area contributed by atoms with Gasteiger partial charge < -0.3 is 20.1 Å². The predicted molar refractivity (Wildman–Crippen MR) is 73.2 cm³/mol. The topological polar surface area (TPSA) is 78.9 Å². The van der Waals surface area contributed by atoms with Crippen LogP contribution < -0.4 is 5.32 Å². The molecule has 6 nitrogen and oxygen atoms in total. The van der Waals surface area contributed by atoms with Gasteiger partial charge in [-0.25, -0.2) is 9.59 Å². The Morgan fingerprint density at radius 3 is 2.16 bits per heavy atom. The number of nitrogens with one attached hydrogen (secondary N) is 1. The molecular weight excluding hydrogens is 248 g/mol. The molecule has 0 aliphatic heterocycles. The van der Waals surface area contributed by atoms with Crippen molar-refractivity contribution in [3.63, 3.8) is 0 Å². The second kappa shape index (κ2) is 8.74. The van der Waals surface area contributed by atoms with E-state index in [0.29, 0.717) is 39.1 Å². The zero-order valence-corrected chi connectivity index (χ0v) is 12.4. The third kappa shape index (κ3) is 5.06. The van der Waals surface area contributed by atoms with Crippen molar-refractivity contribution in [3.8, 4) is 0 Å². The second-order valence-corrected chi connectivity index (χ2v) is 4.30. The summed E-state index contributed by atoms with van der Waals surface area (Å²) in [6.07, 6.45) is 0.709. The minimum Gasteiger partial charge on any atom is -0.480 e. The molecule has 2 amide bonds. The number of urea groups is 1. The number of carbonyl (C=O) groups excluding carboxylic acids is 1. The molecule has 0 bridgehead atoms. The molecule has 0 heterocycles. The first-order valence-corrected chi connectivity index (χ1v) is 6.85. The van der Waals surface area contributed by atoms with E-state index in [-0.39, 0.29) is 6.03 Å². The second-order valence-electron chi connectivity index (χ2n) is 4.30. The van der Waals surface area contributed by atoms with Gasteiger partial charge in [0, 0.05) is 19.7 Å². The molecule has 0 saturated heterocycles. The number of hydrogen-bond donors (Lipinski definition) is 2. The van der Waals surface area contributed by atoms with Crippen LogP contribution in [-0.4, -0.2) is 53.8 Å². The number of carbonyl (C=O) groups is 2. The summed E-state index contributed by atoms with van der Waals surface area (Å²) >= 11 is 0. The van der Waals surface area contributed by atoms with Crippen molar-refractivity contribution in [1.29, 1.82) is 0 Å². The van der Waals surface area contributed by atoms with E-state index in [1.54, 1.807) is 18.7 Å². The lowest BCUT2D eigenvalue weighted by atomic mass is 9.93. The van der Waals surface area contributed by atoms with Crippen LogP contribution in [0.2, 0.25) is 0 Å². The summed E-state index contributed by atoms with van der Waals surface area (Å²) in [5.41, 5.74) is -1.18. The lowest BCUT2D eigenvalue weighted by Crippen LogP contribution is -2.57. The molecule has 2 N–H and O–H groups in total. The van der Waals surface area contributed by atoms with Gasteiger partial charge in [-0.05, 0) is 26.7 Å². The lowest BCUT2D eigenvalue weighted by Gasteiger charge is -2.31. The Morgan fingerprint density at radius 1 is 1.21 bits per heavy atom. The minimum atomic E-state index is -1.18. The first-order chi connectivity index (χ1) is 8.97. The summed E-state index contributed by atoms with van der Waals surface area (Å²) in [5.74, 6) is -0.994. The summed E-state index contributed by atoms with van der Waals surface area (Å²) in [6, 6.07) is -0.353. The standard InChI is InChI=1S/C13H26N2O4/c1-5-13(6-2,11(16)17)14-12(18)15(7-3)9-10-19-8-4/h5-10H2,1-4H3,(H,14,18)(H,16,17). The lowest BCUT2D eigenvalue weighted by molar-refractivity contribution is -0.144. The van der Waals surface area contributed by atoms with Gasteiger partial charge in [0.05, 0.1) is 6.61 Å². The maximum absolute atomic E-state index is 12.1. The molecule has 0 aromatic carbocycles. The first-order valence-electron chi connectivity index (χ1n) is 6.85. The van der Waals surface area contributed by atoms with Crippen LogP contribution in [0.3, 0.4) is 0 Å². The van der Waals surface area contributed by atoms with Crippen molar-refractivity contribution in [2.45, 2.75) is 46.1 Å². The molecule has 0 unspecified atom stereocenters. The maximum atomic E-state index is 12.1. The van der Waals surface area contributed by atoms with E-state index in [9.17, 15) is 14.7 Å². The van der Waals surface area contributed by atoms with E-state index < -0.39 is 11.5 Å². The average molecular weight is 274 g/mol. The molecular formula is C13H26N2O4. The molecule has 112 valence electrons. The number of hydrogen-bond acceptors (Lipinski definition) is 3. The molecule has 0 radical (unpaired) electrons. The van der Waals surface area contributed by atoms with Gasteiger partial charge in [-0.1, -0.05) is 13.8 Å². The van der Waals surface area contributed by atoms with E-state index >= 15 is 0 Å². The molecule has 0 aromatic rings. The average Bonchev–Trinajstić information content (AvgIpc) is 2.40. The number of carboxylic acid groups (broad SMARTS) is 1. The van der Waals surface area contributed by atoms with E-state index in [2.05, 4.69) is 5.32 Å². The molecule has 0 atom stereocenters. The third-order valence-corrected chi connectivity index (χ3v) is 3.34. The summed E-state index contributed by atoms with van der Waals surface area (Å²) in [6.45, 7) is 9.29. The Labute approximate surface area is 115 Å². The van der Waals surface area contributed by atoms with Gasteiger partial charge >= 0.3 is 12.0 Å². The number of carboxylic acids is 1. The maximum Gasteiger partial charge on any atom is 0.329 e. The van der Waals surface area contributed by atoms with Crippen molar-refractivity contribution in [3.05, 3.63) is 0 Å². The highest BCUT2D eigenvalue weighted by Crippen LogP contribution is 2.16. The van der Waals surface area contributed by atoms with Crippen molar-refractivity contribution in [1.82, 2.24) is 10.2 Å². The molecule has 19 heavy (non-hydrogen) atoms. The van der Waals surface area contributed by atoms with Crippen molar-refractivity contribution in [2.24, 2.45) is 0 Å². The van der Waals surface area contributed by atoms with Crippen LogP contribution in [0.1, 0.15) is 40.5 Å². The molecule has 6 heteroatoms. The molecule has 0 saturated carbocycles. The SMILES string of the molecule is CCOCCN(CC)C(=O)NC(CC)(CC)C(=O)O. The number of amides is 2. The summed E-state index contributed by atoms with van der Waals surface area (Å²) in [7, 11) is 0. The normalized spacial score (nSPS) is 11.2. The number of ether oxygens (including phenoxy) is 1. The van der Waals surface area contributed by atoms with E-state index in [1.165, 1.54) is 0 Å². The van der Waals surface area contributed by atoms with Gasteiger partial charge in [-0.15, -0.1) is 0 Å². The van der Waals surface area contributed by atoms with Crippen LogP contribution in [0.5, 0.6) is 0 Å². The van der Waals surface area contributed by atoms with E-state index in [1.807, 2.05) is 13.8 Å². The van der Waals surface area contributed by atoms with Crippen molar-refractivity contribution < 1.29 is 19.4 Å². The Morgan fingerprint density at radius 2 is 1.79 bits per heavy atom. The zero-order chi connectivity index (χ0) is 14.9. The highest BCUT2D eigenvalue weighted by molar-refractivity contribution is 5.86. The highest BCUT2D eigenvalue weighted by atomic mass is 16.5. The number of likely N-dealkylation sites (N-methyl/N-ethyl adjacent to an activating group) is 1. The summed E-state index contributed by atoms with van der Waals surface area (Å²) < 4.78 is 5.21. The quantitative estimate of drug-likeness (QED) is 0.627. The molecule has 0 spiro atoms. The van der Waals surface area contributed by atoms with Gasteiger partial charge in [-0.2, -0.15) is 0 Å². The van der Waals surface area contributed by atoms with Crippen molar-refractivity contribution >= 4 is 12.0 Å². The van der Waals surface area contributed by atoms with Crippen LogP contribution in [-0.2, 0) is 9.53 Å². The fraction of sp³-hybridized carbons (Fsp3) is 0.846. The molecule has 0 aliphatic rings. The van der Waals surface area contributed by atoms with Gasteiger partial charge in [0.2, 0.25) is 0 Å². The number of aliphatic carboxylic acids is 1. The van der Waals surface area contributed by atoms with Crippen LogP contribution in [0, 0.1) is 0 Å². The molecule has 0 fully saturated rings. The smallest absolute Gasteiger partial charge is 0.329 e. The largest absolute Gasteiger partial charge is 0.480 e. The fourth-order valence-corrected chi connectivity index (χ4v) is 1.79. The minimum absolute atomic E-state index is 0.353. The van der Waals surface area contributed by atoms with Crippen LogP contribution in [0.4, 0.5) is 4.79 Å². The van der Waals surface area contributed by atoms with E-state index in [0.717, 1.165) is 0 Å². The summed E-state index contributed by atoms with van der Waals surface area (Å²) in [4.78, 5) is 25.0. The predicted octanol–water partition coefficient (Wildman–Crippen LogP) is 1.70. The van der Waals surface area contributed by atoms with Crippen LogP contribution >= 0.6 is 0 Å². The zero-order valence-electron chi connectivity index (χ0n) is 12.4. The van der Waals surface area contributed by atoms with E-state index in [4.69, 9.17) is 4.74 Å². The Balaban J connectivity index is 4.64. The van der Waals surface area contributed by atoms with Gasteiger partial charge in [-0.3, -0.25) is 0 Å². The molecule has 0 aromatic heterocycles. The van der Waals surface area contributed by atoms with Gasteiger partial charge in [0.1, 0.15) is 5.54 Å². The van der Waals surface area contributed by atoms with Crippen LogP contribution in [0.25, 0.3) is 0 Å².